The van der Waals surface area contributed by atoms with Crippen LogP contribution in [-0.2, 0) is 9.59 Å². The molecule has 6 rings (SSSR count). The molecule has 1 N–H and O–H groups in total. The maximum Gasteiger partial charge on any atom is 0.243 e. The normalized spacial score (nSPS) is 40.5. The van der Waals surface area contributed by atoms with Crippen LogP contribution >= 0.6 is 11.6 Å². The highest BCUT2D eigenvalue weighted by Gasteiger charge is 2.62. The van der Waals surface area contributed by atoms with Crippen LogP contribution in [0.25, 0.3) is 0 Å². The summed E-state index contributed by atoms with van der Waals surface area (Å²) >= 11 is 6.23. The molecule has 4 nitrogen and oxygen atoms in total. The van der Waals surface area contributed by atoms with Crippen LogP contribution in [0.3, 0.4) is 0 Å². The fourth-order valence-electron chi connectivity index (χ4n) is 9.05. The third-order valence-electron chi connectivity index (χ3n) is 10.9. The van der Waals surface area contributed by atoms with Crippen LogP contribution in [0.5, 0.6) is 0 Å². The smallest absolute Gasteiger partial charge is 0.243 e. The average molecular weight is 495 g/mol. The predicted octanol–water partition coefficient (Wildman–Crippen LogP) is 6.53. The molecule has 5 aliphatic rings. The van der Waals surface area contributed by atoms with Gasteiger partial charge in [0.2, 0.25) is 11.8 Å². The maximum absolute atomic E-state index is 14.7. The molecule has 1 aromatic rings. The molecule has 35 heavy (non-hydrogen) atoms. The Morgan fingerprint density at radius 2 is 1.74 bits per heavy atom. The van der Waals surface area contributed by atoms with Gasteiger partial charge in [-0.15, -0.1) is 0 Å². The molecule has 7 atom stereocenters. The van der Waals surface area contributed by atoms with E-state index in [-0.39, 0.29) is 35.2 Å². The van der Waals surface area contributed by atoms with E-state index < -0.39 is 0 Å². The largest absolute Gasteiger partial charge is 0.349 e. The Kier molecular flexibility index (Phi) is 5.82. The van der Waals surface area contributed by atoms with Gasteiger partial charge < -0.3 is 10.2 Å². The van der Waals surface area contributed by atoms with Crippen LogP contribution in [0.4, 0.5) is 5.69 Å². The standard InChI is InChI=1S/C30H39ClN2O2/c1-29-15-5-8-23(29)27-22(18-25-30(2,24(27)13-16-29)17-14-26(34)32-25)28(35)33(20-6-3-4-7-20)21-11-9-19(31)10-12-21/h9-12,14,17,20,22-25,27H,3-8,13,15-16,18H2,1-2H3,(H,32,34)/t22?,23-,24+,25?,27-,29-,30+/m0/s1. The van der Waals surface area contributed by atoms with Gasteiger partial charge >= 0.3 is 0 Å². The summed E-state index contributed by atoms with van der Waals surface area (Å²) in [4.78, 5) is 29.3. The summed E-state index contributed by atoms with van der Waals surface area (Å²) in [5.74, 6) is 1.62. The number of halogens is 1. The second kappa shape index (κ2) is 8.64. The van der Waals surface area contributed by atoms with Gasteiger partial charge in [-0.25, -0.2) is 0 Å². The highest BCUT2D eigenvalue weighted by Crippen LogP contribution is 2.65. The number of nitrogens with one attached hydrogen (secondary N) is 1. The minimum Gasteiger partial charge on any atom is -0.349 e. The van der Waals surface area contributed by atoms with Crippen LogP contribution in [0.1, 0.15) is 78.1 Å². The lowest BCUT2D eigenvalue weighted by Crippen LogP contribution is -2.64. The summed E-state index contributed by atoms with van der Waals surface area (Å²) in [5.41, 5.74) is 1.26. The molecule has 1 aliphatic heterocycles. The van der Waals surface area contributed by atoms with Crippen molar-refractivity contribution in [1.29, 1.82) is 0 Å². The summed E-state index contributed by atoms with van der Waals surface area (Å²) in [6.45, 7) is 4.83. The molecule has 0 aromatic heterocycles. The molecule has 0 bridgehead atoms. The van der Waals surface area contributed by atoms with E-state index in [4.69, 9.17) is 11.6 Å². The molecule has 2 amide bonds. The SMILES string of the molecule is C[C@@]12CCC[C@H]1[C@@H]1C(C(=O)N(c3ccc(Cl)cc3)C3CCCC3)CC3NC(=O)C=C[C@]3(C)[C@@H]1CC2. The molecule has 1 heterocycles. The first-order valence-electron chi connectivity index (χ1n) is 13.9. The molecular formula is C30H39ClN2O2. The Bertz CT molecular complexity index is 1030. The highest BCUT2D eigenvalue weighted by atomic mass is 35.5. The first-order valence-corrected chi connectivity index (χ1v) is 14.3. The topological polar surface area (TPSA) is 49.4 Å². The number of hydrogen-bond donors (Lipinski definition) is 1. The van der Waals surface area contributed by atoms with Crippen molar-refractivity contribution in [2.75, 3.05) is 4.90 Å². The third kappa shape index (κ3) is 3.77. The molecule has 0 saturated heterocycles. The van der Waals surface area contributed by atoms with E-state index >= 15 is 0 Å². The first kappa shape index (κ1) is 23.6. The lowest BCUT2D eigenvalue weighted by atomic mass is 9.46. The minimum atomic E-state index is -0.0717. The summed E-state index contributed by atoms with van der Waals surface area (Å²) < 4.78 is 0. The monoisotopic (exact) mass is 494 g/mol. The number of amides is 2. The molecule has 2 unspecified atom stereocenters. The van der Waals surface area contributed by atoms with E-state index in [1.54, 1.807) is 6.08 Å². The van der Waals surface area contributed by atoms with Crippen molar-refractivity contribution < 1.29 is 9.59 Å². The van der Waals surface area contributed by atoms with Crippen molar-refractivity contribution >= 4 is 29.1 Å². The Balaban J connectivity index is 1.42. The fraction of sp³-hybridized carbons (Fsp3) is 0.667. The Morgan fingerprint density at radius 3 is 2.49 bits per heavy atom. The molecule has 0 radical (unpaired) electrons. The van der Waals surface area contributed by atoms with E-state index in [0.717, 1.165) is 31.4 Å². The van der Waals surface area contributed by atoms with E-state index in [0.29, 0.717) is 28.2 Å². The van der Waals surface area contributed by atoms with Crippen LogP contribution in [-0.4, -0.2) is 23.9 Å². The first-order chi connectivity index (χ1) is 16.8. The van der Waals surface area contributed by atoms with E-state index in [1.807, 2.05) is 24.3 Å². The molecule has 0 spiro atoms. The fourth-order valence-corrected chi connectivity index (χ4v) is 9.18. The molecule has 188 valence electrons. The molecule has 4 aliphatic carbocycles. The Morgan fingerprint density at radius 1 is 1.00 bits per heavy atom. The number of carbonyl (C=O) groups is 2. The van der Waals surface area contributed by atoms with Crippen LogP contribution in [0.15, 0.2) is 36.4 Å². The summed E-state index contributed by atoms with van der Waals surface area (Å²) in [5, 5.41) is 3.99. The molecule has 4 fully saturated rings. The van der Waals surface area contributed by atoms with Crippen LogP contribution < -0.4 is 10.2 Å². The van der Waals surface area contributed by atoms with E-state index in [1.165, 1.54) is 38.5 Å². The Labute approximate surface area is 214 Å². The molecular weight excluding hydrogens is 456 g/mol. The maximum atomic E-state index is 14.7. The van der Waals surface area contributed by atoms with Gasteiger partial charge in [-0.2, -0.15) is 0 Å². The quantitative estimate of drug-likeness (QED) is 0.519. The van der Waals surface area contributed by atoms with Crippen molar-refractivity contribution in [3.63, 3.8) is 0 Å². The van der Waals surface area contributed by atoms with Crippen molar-refractivity contribution in [1.82, 2.24) is 5.32 Å². The van der Waals surface area contributed by atoms with Gasteiger partial charge in [0.25, 0.3) is 0 Å². The Hall–Kier alpha value is -1.81. The van der Waals surface area contributed by atoms with Gasteiger partial charge in [0.1, 0.15) is 0 Å². The van der Waals surface area contributed by atoms with E-state index in [2.05, 4.69) is 30.1 Å². The summed E-state index contributed by atoms with van der Waals surface area (Å²) in [6.07, 6.45) is 15.4. The lowest BCUT2D eigenvalue weighted by Gasteiger charge is -2.60. The third-order valence-corrected chi connectivity index (χ3v) is 11.1. The zero-order valence-corrected chi connectivity index (χ0v) is 21.9. The van der Waals surface area contributed by atoms with Gasteiger partial charge in [-0.1, -0.05) is 50.8 Å². The zero-order chi connectivity index (χ0) is 24.4. The predicted molar refractivity (Wildman–Crippen MR) is 140 cm³/mol. The van der Waals surface area contributed by atoms with Crippen molar-refractivity contribution in [3.8, 4) is 0 Å². The zero-order valence-electron chi connectivity index (χ0n) is 21.1. The lowest BCUT2D eigenvalue weighted by molar-refractivity contribution is -0.142. The number of anilines is 1. The molecule has 4 saturated carbocycles. The van der Waals surface area contributed by atoms with Crippen molar-refractivity contribution in [2.24, 2.45) is 34.5 Å². The van der Waals surface area contributed by atoms with Crippen molar-refractivity contribution in [3.05, 3.63) is 41.4 Å². The van der Waals surface area contributed by atoms with Gasteiger partial charge in [0.05, 0.1) is 0 Å². The second-order valence-electron chi connectivity index (χ2n) is 12.6. The molecule has 5 heteroatoms. The average Bonchev–Trinajstić information content (AvgIpc) is 3.50. The number of fused-ring (bicyclic) bond motifs is 5. The summed E-state index contributed by atoms with van der Waals surface area (Å²) in [6, 6.07) is 8.15. The van der Waals surface area contributed by atoms with E-state index in [9.17, 15) is 9.59 Å². The number of hydrogen-bond acceptors (Lipinski definition) is 2. The van der Waals surface area contributed by atoms with Crippen LogP contribution in [0.2, 0.25) is 5.02 Å². The molecule has 1 aromatic carbocycles. The number of carbonyl (C=O) groups excluding carboxylic acids is 2. The van der Waals surface area contributed by atoms with Gasteiger partial charge in [-0.3, -0.25) is 9.59 Å². The number of nitrogens with zero attached hydrogens (tertiary/aromatic N) is 1. The highest BCUT2D eigenvalue weighted by molar-refractivity contribution is 6.30. The van der Waals surface area contributed by atoms with Gasteiger partial charge in [0.15, 0.2) is 0 Å². The summed E-state index contributed by atoms with van der Waals surface area (Å²) in [7, 11) is 0. The van der Waals surface area contributed by atoms with Gasteiger partial charge in [-0.05, 0) is 98.5 Å². The number of rotatable bonds is 3. The second-order valence-corrected chi connectivity index (χ2v) is 13.0. The number of benzene rings is 1. The minimum absolute atomic E-state index is 0.0102. The van der Waals surface area contributed by atoms with Crippen molar-refractivity contribution in [2.45, 2.75) is 90.1 Å². The van der Waals surface area contributed by atoms with Gasteiger partial charge in [0, 0.05) is 34.1 Å². The van der Waals surface area contributed by atoms with Crippen LogP contribution in [0, 0.1) is 34.5 Å².